The van der Waals surface area contributed by atoms with E-state index in [1.54, 1.807) is 0 Å². The van der Waals surface area contributed by atoms with Crippen LogP contribution in [0.5, 0.6) is 0 Å². The van der Waals surface area contributed by atoms with Crippen LogP contribution >= 0.6 is 0 Å². The normalized spacial score (nSPS) is 27.1. The lowest BCUT2D eigenvalue weighted by Crippen LogP contribution is -2.42. The largest absolute Gasteiger partial charge is 0.370 e. The summed E-state index contributed by atoms with van der Waals surface area (Å²) in [6.45, 7) is 8.42. The molecule has 2 aliphatic heterocycles. The third-order valence-electron chi connectivity index (χ3n) is 6.14. The molecule has 0 aromatic heterocycles. The number of carbonyl (C=O) groups excluding carboxylic acids is 1. The molecule has 1 aromatic rings. The Bertz CT molecular complexity index is 584. The zero-order valence-corrected chi connectivity index (χ0v) is 14.8. The Hall–Kier alpha value is -1.55. The molecule has 130 valence electrons. The maximum absolute atomic E-state index is 12.6. The number of anilines is 1. The summed E-state index contributed by atoms with van der Waals surface area (Å²) in [6, 6.07) is 11.4. The average Bonchev–Trinajstić information content (AvgIpc) is 3.26. The first-order valence-corrected chi connectivity index (χ1v) is 9.49. The molecule has 1 amide bonds. The van der Waals surface area contributed by atoms with Crippen LogP contribution in [0.15, 0.2) is 30.3 Å². The summed E-state index contributed by atoms with van der Waals surface area (Å²) < 4.78 is 0. The van der Waals surface area contributed by atoms with Crippen molar-refractivity contribution in [3.8, 4) is 0 Å². The molecule has 2 saturated heterocycles. The third kappa shape index (κ3) is 3.16. The summed E-state index contributed by atoms with van der Waals surface area (Å²) in [5, 5.41) is 0. The second-order valence-electron chi connectivity index (χ2n) is 7.97. The first-order valence-electron chi connectivity index (χ1n) is 9.49. The molecule has 3 aliphatic rings. The topological polar surface area (TPSA) is 26.8 Å². The second kappa shape index (κ2) is 6.40. The minimum absolute atomic E-state index is 0.0212. The van der Waals surface area contributed by atoms with Crippen molar-refractivity contribution in [1.29, 1.82) is 0 Å². The number of nitrogens with zero attached hydrogens (tertiary/aromatic N) is 3. The molecule has 4 heteroatoms. The van der Waals surface area contributed by atoms with Crippen LogP contribution in [0.2, 0.25) is 0 Å². The van der Waals surface area contributed by atoms with E-state index in [1.807, 2.05) is 0 Å². The van der Waals surface area contributed by atoms with Gasteiger partial charge in [-0.2, -0.15) is 0 Å². The van der Waals surface area contributed by atoms with Crippen molar-refractivity contribution in [3.05, 3.63) is 30.3 Å². The van der Waals surface area contributed by atoms with Gasteiger partial charge in [0.1, 0.15) is 0 Å². The van der Waals surface area contributed by atoms with Crippen molar-refractivity contribution in [2.24, 2.45) is 5.41 Å². The first kappa shape index (κ1) is 15.9. The molecule has 1 unspecified atom stereocenters. The third-order valence-corrected chi connectivity index (χ3v) is 6.14. The molecule has 1 atom stereocenters. The van der Waals surface area contributed by atoms with Crippen LogP contribution in [-0.2, 0) is 4.79 Å². The predicted octanol–water partition coefficient (Wildman–Crippen LogP) is 2.60. The van der Waals surface area contributed by atoms with Crippen LogP contribution in [0.25, 0.3) is 0 Å². The van der Waals surface area contributed by atoms with Gasteiger partial charge in [0.05, 0.1) is 0 Å². The summed E-state index contributed by atoms with van der Waals surface area (Å²) in [6.07, 6.45) is 4.52. The van der Waals surface area contributed by atoms with Gasteiger partial charge in [-0.05, 0) is 37.8 Å². The Labute approximate surface area is 145 Å². The lowest BCUT2D eigenvalue weighted by Gasteiger charge is -2.28. The average molecular weight is 327 g/mol. The summed E-state index contributed by atoms with van der Waals surface area (Å²) in [5.41, 5.74) is 1.32. The minimum Gasteiger partial charge on any atom is -0.370 e. The molecule has 1 saturated carbocycles. The number of carbonyl (C=O) groups is 1. The molecule has 4 rings (SSSR count). The summed E-state index contributed by atoms with van der Waals surface area (Å²) in [4.78, 5) is 19.9. The van der Waals surface area contributed by atoms with E-state index in [1.165, 1.54) is 12.1 Å². The van der Waals surface area contributed by atoms with Crippen molar-refractivity contribution in [2.45, 2.75) is 38.6 Å². The highest BCUT2D eigenvalue weighted by Gasteiger charge is 2.47. The van der Waals surface area contributed by atoms with Crippen LogP contribution in [0.4, 0.5) is 5.69 Å². The Balaban J connectivity index is 1.34. The molecule has 4 nitrogen and oxygen atoms in total. The highest BCUT2D eigenvalue weighted by atomic mass is 16.2. The molecular weight excluding hydrogens is 298 g/mol. The molecule has 2 heterocycles. The van der Waals surface area contributed by atoms with Gasteiger partial charge in [-0.3, -0.25) is 9.69 Å². The Morgan fingerprint density at radius 1 is 1.04 bits per heavy atom. The van der Waals surface area contributed by atoms with Crippen molar-refractivity contribution >= 4 is 11.6 Å². The fraction of sp³-hybridized carbons (Fsp3) is 0.650. The smallest absolute Gasteiger partial charge is 0.228 e. The number of para-hydroxylation sites is 1. The Morgan fingerprint density at radius 3 is 2.58 bits per heavy atom. The van der Waals surface area contributed by atoms with Gasteiger partial charge in [0.15, 0.2) is 0 Å². The maximum atomic E-state index is 12.6. The van der Waals surface area contributed by atoms with Gasteiger partial charge in [0.25, 0.3) is 0 Å². The Kier molecular flexibility index (Phi) is 4.25. The molecule has 0 radical (unpaired) electrons. The maximum Gasteiger partial charge on any atom is 0.228 e. The van der Waals surface area contributed by atoms with E-state index < -0.39 is 0 Å². The van der Waals surface area contributed by atoms with E-state index in [0.29, 0.717) is 11.9 Å². The molecule has 0 bridgehead atoms. The van der Waals surface area contributed by atoms with E-state index in [9.17, 15) is 4.79 Å². The molecular formula is C20H29N3O. The number of hydrogen-bond acceptors (Lipinski definition) is 3. The SMILES string of the molecule is CC1(C(=O)N2CCCN(C3CCN(c4ccccc4)C3)CC2)CC1. The fourth-order valence-electron chi connectivity index (χ4n) is 4.20. The van der Waals surface area contributed by atoms with E-state index >= 15 is 0 Å². The van der Waals surface area contributed by atoms with Gasteiger partial charge in [-0.25, -0.2) is 0 Å². The van der Waals surface area contributed by atoms with Gasteiger partial charge < -0.3 is 9.80 Å². The molecule has 24 heavy (non-hydrogen) atoms. The van der Waals surface area contributed by atoms with E-state index in [0.717, 1.165) is 58.5 Å². The zero-order chi connectivity index (χ0) is 16.6. The van der Waals surface area contributed by atoms with Crippen LogP contribution in [0.3, 0.4) is 0 Å². The monoisotopic (exact) mass is 327 g/mol. The van der Waals surface area contributed by atoms with E-state index in [-0.39, 0.29) is 5.41 Å². The molecule has 0 N–H and O–H groups in total. The molecule has 3 fully saturated rings. The Morgan fingerprint density at radius 2 is 1.83 bits per heavy atom. The first-order chi connectivity index (χ1) is 11.7. The fourth-order valence-corrected chi connectivity index (χ4v) is 4.20. The number of hydrogen-bond donors (Lipinski definition) is 0. The number of amides is 1. The molecule has 0 spiro atoms. The zero-order valence-electron chi connectivity index (χ0n) is 14.8. The van der Waals surface area contributed by atoms with Crippen molar-refractivity contribution in [1.82, 2.24) is 9.80 Å². The van der Waals surface area contributed by atoms with Gasteiger partial charge in [0.2, 0.25) is 5.91 Å². The van der Waals surface area contributed by atoms with Crippen LogP contribution in [0.1, 0.15) is 32.6 Å². The predicted molar refractivity (Wildman–Crippen MR) is 97.2 cm³/mol. The summed E-state index contributed by atoms with van der Waals surface area (Å²) >= 11 is 0. The molecule has 1 aromatic carbocycles. The van der Waals surface area contributed by atoms with Gasteiger partial charge in [0, 0.05) is 56.4 Å². The van der Waals surface area contributed by atoms with E-state index in [4.69, 9.17) is 0 Å². The lowest BCUT2D eigenvalue weighted by atomic mass is 10.1. The van der Waals surface area contributed by atoms with Crippen molar-refractivity contribution in [2.75, 3.05) is 44.2 Å². The van der Waals surface area contributed by atoms with E-state index in [2.05, 4.69) is 52.0 Å². The van der Waals surface area contributed by atoms with Gasteiger partial charge >= 0.3 is 0 Å². The van der Waals surface area contributed by atoms with Crippen molar-refractivity contribution in [3.63, 3.8) is 0 Å². The summed E-state index contributed by atoms with van der Waals surface area (Å²) in [7, 11) is 0. The van der Waals surface area contributed by atoms with Crippen molar-refractivity contribution < 1.29 is 4.79 Å². The van der Waals surface area contributed by atoms with Crippen LogP contribution < -0.4 is 4.90 Å². The standard InChI is InChI=1S/C20H29N3O/c1-20(9-10-20)19(24)22-12-5-11-21(14-15-22)18-8-13-23(16-18)17-6-3-2-4-7-17/h2-4,6-7,18H,5,8-16H2,1H3. The molecule has 1 aliphatic carbocycles. The number of rotatable bonds is 3. The second-order valence-corrected chi connectivity index (χ2v) is 7.97. The highest BCUT2D eigenvalue weighted by molar-refractivity contribution is 5.84. The van der Waals surface area contributed by atoms with Gasteiger partial charge in [-0.15, -0.1) is 0 Å². The number of benzene rings is 1. The summed E-state index contributed by atoms with van der Waals surface area (Å²) in [5.74, 6) is 0.404. The van der Waals surface area contributed by atoms with Crippen LogP contribution in [0, 0.1) is 5.41 Å². The minimum atomic E-state index is -0.0212. The lowest BCUT2D eigenvalue weighted by molar-refractivity contribution is -0.136. The van der Waals surface area contributed by atoms with Crippen LogP contribution in [-0.4, -0.2) is 61.0 Å². The quantitative estimate of drug-likeness (QED) is 0.854. The van der Waals surface area contributed by atoms with Gasteiger partial charge in [-0.1, -0.05) is 25.1 Å². The highest BCUT2D eigenvalue weighted by Crippen LogP contribution is 2.46.